The van der Waals surface area contributed by atoms with Crippen molar-refractivity contribution in [1.29, 1.82) is 0 Å². The van der Waals surface area contributed by atoms with Crippen LogP contribution in [-0.2, 0) is 6.54 Å². The van der Waals surface area contributed by atoms with Crippen molar-refractivity contribution in [1.82, 2.24) is 4.98 Å². The minimum atomic E-state index is -4.80. The molecule has 0 saturated heterocycles. The number of para-hydroxylation sites is 2. The smallest absolute Gasteiger partial charge is 0.472 e. The molecule has 10 heteroatoms. The van der Waals surface area contributed by atoms with Crippen molar-refractivity contribution >= 4 is 35.6 Å². The van der Waals surface area contributed by atoms with E-state index in [1.165, 1.54) is 18.2 Å². The molecule has 0 unspecified atom stereocenters. The first-order valence-electron chi connectivity index (χ1n) is 8.07. The summed E-state index contributed by atoms with van der Waals surface area (Å²) in [6.07, 6.45) is -3.20. The van der Waals surface area contributed by atoms with Crippen LogP contribution in [0.5, 0.6) is 11.6 Å². The number of guanidine groups is 1. The highest BCUT2D eigenvalue weighted by molar-refractivity contribution is 14.0. The van der Waals surface area contributed by atoms with Gasteiger partial charge in [0, 0.05) is 12.3 Å². The zero-order chi connectivity index (χ0) is 20.1. The number of hydrogen-bond acceptors (Lipinski definition) is 4. The molecule has 0 aliphatic carbocycles. The lowest BCUT2D eigenvalue weighted by atomic mass is 10.2. The number of nitrogens with zero attached hydrogens (tertiary/aromatic N) is 2. The molecule has 0 amide bonds. The van der Waals surface area contributed by atoms with Crippen molar-refractivity contribution in [3.05, 3.63) is 48.2 Å². The number of pyridine rings is 1. The molecule has 1 aromatic heterocycles. The van der Waals surface area contributed by atoms with Gasteiger partial charge in [0.05, 0.1) is 12.2 Å². The lowest BCUT2D eigenvalue weighted by Gasteiger charge is -2.20. The van der Waals surface area contributed by atoms with Gasteiger partial charge in [0.2, 0.25) is 5.88 Å². The Hall–Kier alpha value is -2.24. The van der Waals surface area contributed by atoms with Crippen LogP contribution in [0.4, 0.5) is 18.9 Å². The van der Waals surface area contributed by atoms with Gasteiger partial charge in [-0.25, -0.2) is 9.98 Å². The lowest BCUT2D eigenvalue weighted by molar-refractivity contribution is -0.274. The summed E-state index contributed by atoms with van der Waals surface area (Å²) >= 11 is 0. The molecule has 0 saturated carbocycles. The van der Waals surface area contributed by atoms with Gasteiger partial charge >= 0.3 is 6.36 Å². The molecule has 0 atom stereocenters. The molecule has 3 N–H and O–H groups in total. The number of aromatic nitrogens is 1. The molecule has 0 aliphatic rings. The van der Waals surface area contributed by atoms with Gasteiger partial charge in [0.25, 0.3) is 0 Å². The topological polar surface area (TPSA) is 81.8 Å². The van der Waals surface area contributed by atoms with Crippen molar-refractivity contribution in [3.63, 3.8) is 0 Å². The van der Waals surface area contributed by atoms with E-state index in [0.717, 1.165) is 5.56 Å². The maximum atomic E-state index is 12.4. The van der Waals surface area contributed by atoms with E-state index in [0.29, 0.717) is 5.88 Å². The molecule has 6 nitrogen and oxygen atoms in total. The van der Waals surface area contributed by atoms with Gasteiger partial charge < -0.3 is 20.5 Å². The highest BCUT2D eigenvalue weighted by atomic mass is 127. The second-order valence-corrected chi connectivity index (χ2v) is 6.59. The third kappa shape index (κ3) is 8.63. The molecule has 28 heavy (non-hydrogen) atoms. The van der Waals surface area contributed by atoms with Crippen molar-refractivity contribution < 1.29 is 22.6 Å². The highest BCUT2D eigenvalue weighted by Crippen LogP contribution is 2.29. The number of benzene rings is 1. The number of nitrogens with one attached hydrogen (secondary N) is 1. The SMILES string of the molecule is CC(C)(C)Oc1ccc(CN=C(N)Nc2ccccc2OC(F)(F)F)cn1.I. The average molecular weight is 510 g/mol. The van der Waals surface area contributed by atoms with E-state index in [-0.39, 0.29) is 47.8 Å². The van der Waals surface area contributed by atoms with Gasteiger partial charge in [-0.3, -0.25) is 0 Å². The fourth-order valence-electron chi connectivity index (χ4n) is 2.02. The molecule has 2 rings (SSSR count). The second-order valence-electron chi connectivity index (χ2n) is 6.59. The zero-order valence-electron chi connectivity index (χ0n) is 15.6. The summed E-state index contributed by atoms with van der Waals surface area (Å²) in [4.78, 5) is 8.28. The van der Waals surface area contributed by atoms with Crippen LogP contribution in [0.1, 0.15) is 26.3 Å². The normalized spacial score (nSPS) is 12.1. The standard InChI is InChI=1S/C18H21F3N4O2.HI/c1-17(2,3)27-15-9-8-12(10-23-15)11-24-16(22)25-13-6-4-5-7-14(13)26-18(19,20)21;/h4-10H,11H2,1-3H3,(H3,22,24,25);1H. The van der Waals surface area contributed by atoms with Gasteiger partial charge in [0.1, 0.15) is 5.60 Å². The number of alkyl halides is 3. The number of rotatable bonds is 5. The predicted molar refractivity (Wildman–Crippen MR) is 112 cm³/mol. The molecule has 0 aliphatic heterocycles. The van der Waals surface area contributed by atoms with Crippen molar-refractivity contribution in [2.45, 2.75) is 39.3 Å². The molecule has 1 aromatic carbocycles. The third-order valence-corrected chi connectivity index (χ3v) is 3.02. The Labute approximate surface area is 178 Å². The fourth-order valence-corrected chi connectivity index (χ4v) is 2.02. The Balaban J connectivity index is 0.00000392. The monoisotopic (exact) mass is 510 g/mol. The Bertz CT molecular complexity index is 791. The Kier molecular flexibility index (Phi) is 8.33. The Morgan fingerprint density at radius 2 is 1.79 bits per heavy atom. The predicted octanol–water partition coefficient (Wildman–Crippen LogP) is 4.70. The number of halogens is 4. The van der Waals surface area contributed by atoms with Gasteiger partial charge in [-0.1, -0.05) is 18.2 Å². The average Bonchev–Trinajstić information content (AvgIpc) is 2.53. The maximum Gasteiger partial charge on any atom is 0.573 e. The van der Waals surface area contributed by atoms with E-state index in [9.17, 15) is 13.2 Å². The zero-order valence-corrected chi connectivity index (χ0v) is 17.9. The van der Waals surface area contributed by atoms with Gasteiger partial charge in [-0.05, 0) is 38.5 Å². The molecule has 0 spiro atoms. The third-order valence-electron chi connectivity index (χ3n) is 3.02. The van der Waals surface area contributed by atoms with Crippen LogP contribution in [0.2, 0.25) is 0 Å². The minimum Gasteiger partial charge on any atom is -0.472 e. The van der Waals surface area contributed by atoms with Gasteiger partial charge in [-0.15, -0.1) is 37.1 Å². The van der Waals surface area contributed by atoms with Gasteiger partial charge in [0.15, 0.2) is 11.7 Å². The number of hydrogen-bond donors (Lipinski definition) is 2. The quantitative estimate of drug-likeness (QED) is 0.346. The first-order valence-corrected chi connectivity index (χ1v) is 8.07. The van der Waals surface area contributed by atoms with Gasteiger partial charge in [-0.2, -0.15) is 0 Å². The molecule has 0 fully saturated rings. The highest BCUT2D eigenvalue weighted by Gasteiger charge is 2.32. The Morgan fingerprint density at radius 3 is 2.36 bits per heavy atom. The number of ether oxygens (including phenoxy) is 2. The van der Waals surface area contributed by atoms with E-state index in [1.54, 1.807) is 24.4 Å². The van der Waals surface area contributed by atoms with E-state index in [1.807, 2.05) is 20.8 Å². The van der Waals surface area contributed by atoms with Crippen LogP contribution in [-0.4, -0.2) is 22.9 Å². The van der Waals surface area contributed by atoms with Crippen molar-refractivity contribution in [2.24, 2.45) is 10.7 Å². The van der Waals surface area contributed by atoms with Crippen LogP contribution in [0.3, 0.4) is 0 Å². The van der Waals surface area contributed by atoms with E-state index >= 15 is 0 Å². The fraction of sp³-hybridized carbons (Fsp3) is 0.333. The molecule has 2 aromatic rings. The summed E-state index contributed by atoms with van der Waals surface area (Å²) in [6, 6.07) is 9.06. The second kappa shape index (κ2) is 9.80. The van der Waals surface area contributed by atoms with Crippen molar-refractivity contribution in [2.75, 3.05) is 5.32 Å². The summed E-state index contributed by atoms with van der Waals surface area (Å²) < 4.78 is 46.9. The summed E-state index contributed by atoms with van der Waals surface area (Å²) in [5, 5.41) is 2.60. The molecule has 0 bridgehead atoms. The van der Waals surface area contributed by atoms with E-state index < -0.39 is 12.1 Å². The summed E-state index contributed by atoms with van der Waals surface area (Å²) in [5.74, 6) is 0.0382. The summed E-state index contributed by atoms with van der Waals surface area (Å²) in [7, 11) is 0. The van der Waals surface area contributed by atoms with Crippen LogP contribution < -0.4 is 20.5 Å². The minimum absolute atomic E-state index is 0. The lowest BCUT2D eigenvalue weighted by Crippen LogP contribution is -2.24. The van der Waals surface area contributed by atoms with Crippen LogP contribution in [0.15, 0.2) is 47.6 Å². The molecular weight excluding hydrogens is 488 g/mol. The molecule has 1 heterocycles. The first kappa shape index (κ1) is 23.8. The summed E-state index contributed by atoms with van der Waals surface area (Å²) in [5.41, 5.74) is 6.23. The molecule has 0 radical (unpaired) electrons. The largest absolute Gasteiger partial charge is 0.573 e. The van der Waals surface area contributed by atoms with E-state index in [4.69, 9.17) is 10.5 Å². The van der Waals surface area contributed by atoms with Crippen LogP contribution in [0, 0.1) is 0 Å². The Morgan fingerprint density at radius 1 is 1.11 bits per heavy atom. The number of aliphatic imine (C=N–C) groups is 1. The number of nitrogens with two attached hydrogens (primary N) is 1. The summed E-state index contributed by atoms with van der Waals surface area (Å²) in [6.45, 7) is 5.95. The number of anilines is 1. The van der Waals surface area contributed by atoms with E-state index in [2.05, 4.69) is 20.0 Å². The molecule has 154 valence electrons. The van der Waals surface area contributed by atoms with Crippen LogP contribution in [0.25, 0.3) is 0 Å². The van der Waals surface area contributed by atoms with Crippen LogP contribution >= 0.6 is 24.0 Å². The maximum absolute atomic E-state index is 12.4. The first-order chi connectivity index (χ1) is 12.5. The molecular formula is C18H22F3IN4O2. The van der Waals surface area contributed by atoms with Crippen molar-refractivity contribution in [3.8, 4) is 11.6 Å².